The summed E-state index contributed by atoms with van der Waals surface area (Å²) in [5.41, 5.74) is 3.31. The molecule has 0 amide bonds. The summed E-state index contributed by atoms with van der Waals surface area (Å²) in [5, 5.41) is 3.45. The van der Waals surface area contributed by atoms with Crippen LogP contribution in [0.15, 0.2) is 4.42 Å². The van der Waals surface area contributed by atoms with Gasteiger partial charge in [-0.25, -0.2) is 10.8 Å². The summed E-state index contributed by atoms with van der Waals surface area (Å²) in [4.78, 5) is 4.47. The van der Waals surface area contributed by atoms with E-state index >= 15 is 0 Å². The van der Waals surface area contributed by atoms with Crippen molar-refractivity contribution in [2.75, 3.05) is 6.54 Å². The summed E-state index contributed by atoms with van der Waals surface area (Å²) in [6.45, 7) is 9.01. The molecule has 0 spiro atoms. The molecule has 18 heavy (non-hydrogen) atoms. The van der Waals surface area contributed by atoms with E-state index in [1.165, 1.54) is 0 Å². The van der Waals surface area contributed by atoms with Crippen LogP contribution in [0.3, 0.4) is 0 Å². The van der Waals surface area contributed by atoms with Crippen molar-refractivity contribution in [3.05, 3.63) is 17.3 Å². The maximum Gasteiger partial charge on any atom is 0.199 e. The first-order valence-corrected chi connectivity index (χ1v) is 6.46. The quantitative estimate of drug-likeness (QED) is 0.333. The second-order valence-corrected chi connectivity index (χ2v) is 5.69. The van der Waals surface area contributed by atoms with Gasteiger partial charge in [-0.2, -0.15) is 0 Å². The largest absolute Gasteiger partial charge is 0.445 e. The minimum Gasteiger partial charge on any atom is -0.445 e. The smallest absolute Gasteiger partial charge is 0.199 e. The molecule has 0 bridgehead atoms. The van der Waals surface area contributed by atoms with Gasteiger partial charge in [0.25, 0.3) is 0 Å². The normalized spacial score (nSPS) is 11.4. The first-order valence-electron chi connectivity index (χ1n) is 6.06. The number of hydrazine groups is 1. The molecule has 1 aromatic heterocycles. The van der Waals surface area contributed by atoms with E-state index in [9.17, 15) is 0 Å². The first-order chi connectivity index (χ1) is 8.34. The lowest BCUT2D eigenvalue weighted by Gasteiger charge is -2.12. The van der Waals surface area contributed by atoms with Crippen molar-refractivity contribution in [2.45, 2.75) is 46.0 Å². The van der Waals surface area contributed by atoms with E-state index in [2.05, 4.69) is 36.5 Å². The number of rotatable bonds is 4. The van der Waals surface area contributed by atoms with Crippen LogP contribution in [-0.4, -0.2) is 16.6 Å². The summed E-state index contributed by atoms with van der Waals surface area (Å²) < 4.78 is 5.80. The number of thiocarbonyl (C=S) groups is 1. The topological polar surface area (TPSA) is 76.1 Å². The number of aryl methyl sites for hydroxylation is 2. The van der Waals surface area contributed by atoms with Crippen LogP contribution in [0, 0.1) is 6.92 Å². The van der Waals surface area contributed by atoms with Crippen LogP contribution in [0.5, 0.6) is 0 Å². The monoisotopic (exact) mass is 270 g/mol. The van der Waals surface area contributed by atoms with E-state index in [0.29, 0.717) is 5.11 Å². The lowest BCUT2D eigenvalue weighted by molar-refractivity contribution is 0.370. The Hall–Kier alpha value is -1.14. The van der Waals surface area contributed by atoms with Crippen molar-refractivity contribution < 1.29 is 4.42 Å². The number of oxazole rings is 1. The molecule has 0 aliphatic carbocycles. The number of aromatic nitrogens is 1. The van der Waals surface area contributed by atoms with Gasteiger partial charge in [0.15, 0.2) is 11.0 Å². The summed E-state index contributed by atoms with van der Waals surface area (Å²) in [5.74, 6) is 6.90. The van der Waals surface area contributed by atoms with E-state index in [1.807, 2.05) is 6.92 Å². The minimum atomic E-state index is -0.0493. The lowest BCUT2D eigenvalue weighted by atomic mass is 9.97. The highest BCUT2D eigenvalue weighted by molar-refractivity contribution is 7.80. The Bertz CT molecular complexity index is 409. The van der Waals surface area contributed by atoms with Crippen LogP contribution in [0.1, 0.15) is 44.5 Å². The Balaban J connectivity index is 2.48. The highest BCUT2D eigenvalue weighted by Gasteiger charge is 2.21. The van der Waals surface area contributed by atoms with Crippen molar-refractivity contribution in [3.8, 4) is 0 Å². The molecule has 0 saturated heterocycles. The number of nitrogens with zero attached hydrogens (tertiary/aromatic N) is 1. The lowest BCUT2D eigenvalue weighted by Crippen LogP contribution is -2.40. The molecule has 5 nitrogen and oxygen atoms in total. The first kappa shape index (κ1) is 14.9. The number of hydrogen-bond acceptors (Lipinski definition) is 4. The maximum atomic E-state index is 5.80. The highest BCUT2D eigenvalue weighted by Crippen LogP contribution is 2.24. The zero-order valence-electron chi connectivity index (χ0n) is 11.5. The summed E-state index contributed by atoms with van der Waals surface area (Å²) in [6, 6.07) is 0. The third-order valence-electron chi connectivity index (χ3n) is 2.53. The molecule has 0 aliphatic heterocycles. The molecule has 0 radical (unpaired) electrons. The Morgan fingerprint density at radius 3 is 2.61 bits per heavy atom. The molecule has 1 rings (SSSR count). The van der Waals surface area contributed by atoms with E-state index in [1.54, 1.807) is 0 Å². The van der Waals surface area contributed by atoms with Crippen molar-refractivity contribution in [3.63, 3.8) is 0 Å². The van der Waals surface area contributed by atoms with Gasteiger partial charge in [0.2, 0.25) is 0 Å². The number of nitrogens with two attached hydrogens (primary N) is 1. The van der Waals surface area contributed by atoms with Gasteiger partial charge in [-0.15, -0.1) is 0 Å². The second kappa shape index (κ2) is 6.15. The van der Waals surface area contributed by atoms with Crippen LogP contribution >= 0.6 is 12.2 Å². The van der Waals surface area contributed by atoms with Crippen molar-refractivity contribution in [1.29, 1.82) is 0 Å². The molecular weight excluding hydrogens is 248 g/mol. The van der Waals surface area contributed by atoms with E-state index in [0.717, 1.165) is 36.7 Å². The van der Waals surface area contributed by atoms with E-state index in [4.69, 9.17) is 22.5 Å². The molecule has 6 heteroatoms. The van der Waals surface area contributed by atoms with Crippen LogP contribution in [0.2, 0.25) is 0 Å². The van der Waals surface area contributed by atoms with Gasteiger partial charge in [-0.05, 0) is 25.6 Å². The Morgan fingerprint density at radius 1 is 1.44 bits per heavy atom. The highest BCUT2D eigenvalue weighted by atomic mass is 32.1. The zero-order valence-corrected chi connectivity index (χ0v) is 12.3. The zero-order chi connectivity index (χ0) is 13.8. The Morgan fingerprint density at radius 2 is 2.11 bits per heavy atom. The average molecular weight is 270 g/mol. The van der Waals surface area contributed by atoms with Crippen LogP contribution in [-0.2, 0) is 11.8 Å². The van der Waals surface area contributed by atoms with Gasteiger partial charge < -0.3 is 15.2 Å². The van der Waals surface area contributed by atoms with Gasteiger partial charge >= 0.3 is 0 Å². The minimum absolute atomic E-state index is 0.0493. The Labute approximate surface area is 113 Å². The van der Waals surface area contributed by atoms with Crippen LogP contribution < -0.4 is 16.6 Å². The SMILES string of the molecule is Cc1nc(C(C)(C)C)oc1CCCNC(=S)NN. The fraction of sp³-hybridized carbons (Fsp3) is 0.667. The summed E-state index contributed by atoms with van der Waals surface area (Å²) in [7, 11) is 0. The van der Waals surface area contributed by atoms with Gasteiger partial charge in [0.05, 0.1) is 5.69 Å². The average Bonchev–Trinajstić information content (AvgIpc) is 2.66. The summed E-state index contributed by atoms with van der Waals surface area (Å²) in [6.07, 6.45) is 1.76. The van der Waals surface area contributed by atoms with Gasteiger partial charge in [-0.3, -0.25) is 0 Å². The number of hydrogen-bond donors (Lipinski definition) is 3. The van der Waals surface area contributed by atoms with Crippen LogP contribution in [0.25, 0.3) is 0 Å². The second-order valence-electron chi connectivity index (χ2n) is 5.28. The van der Waals surface area contributed by atoms with Gasteiger partial charge in [0, 0.05) is 18.4 Å². The molecule has 0 aliphatic rings. The van der Waals surface area contributed by atoms with Crippen molar-refractivity contribution >= 4 is 17.3 Å². The molecule has 0 atom stereocenters. The molecule has 4 N–H and O–H groups in total. The molecule has 0 fully saturated rings. The Kier molecular flexibility index (Phi) is 5.10. The van der Waals surface area contributed by atoms with E-state index < -0.39 is 0 Å². The summed E-state index contributed by atoms with van der Waals surface area (Å²) >= 11 is 4.88. The van der Waals surface area contributed by atoms with Gasteiger partial charge in [0.1, 0.15) is 5.76 Å². The molecule has 1 aromatic rings. The molecule has 0 saturated carbocycles. The standard InChI is InChI=1S/C12H22N4OS/c1-8-9(6-5-7-14-11(18)16-13)17-10(15-8)12(2,3)4/h5-7,13H2,1-4H3,(H2,14,16,18). The van der Waals surface area contributed by atoms with Crippen molar-refractivity contribution in [1.82, 2.24) is 15.7 Å². The maximum absolute atomic E-state index is 5.80. The van der Waals surface area contributed by atoms with Gasteiger partial charge in [-0.1, -0.05) is 20.8 Å². The molecular formula is C12H22N4OS. The third kappa shape index (κ3) is 4.27. The number of nitrogens with one attached hydrogen (secondary N) is 2. The van der Waals surface area contributed by atoms with Crippen molar-refractivity contribution in [2.24, 2.45) is 5.84 Å². The predicted molar refractivity (Wildman–Crippen MR) is 76.2 cm³/mol. The van der Waals surface area contributed by atoms with E-state index in [-0.39, 0.29) is 5.41 Å². The molecule has 0 aromatic carbocycles. The molecule has 1 heterocycles. The third-order valence-corrected chi connectivity index (χ3v) is 2.79. The van der Waals surface area contributed by atoms with Crippen LogP contribution in [0.4, 0.5) is 0 Å². The fourth-order valence-electron chi connectivity index (χ4n) is 1.48. The molecule has 0 unspecified atom stereocenters. The fourth-order valence-corrected chi connectivity index (χ4v) is 1.58. The molecule has 102 valence electrons. The predicted octanol–water partition coefficient (Wildman–Crippen LogP) is 1.55.